The lowest BCUT2D eigenvalue weighted by Crippen LogP contribution is -2.21. The first kappa shape index (κ1) is 24.2. The summed E-state index contributed by atoms with van der Waals surface area (Å²) in [5, 5.41) is 4.75. The number of fused-ring (bicyclic) bond motifs is 1. The molecule has 0 radical (unpaired) electrons. The van der Waals surface area contributed by atoms with Crippen LogP contribution in [0.4, 0.5) is 32.6 Å². The number of benzene rings is 2. The number of hydrogen-bond donors (Lipinski definition) is 2. The lowest BCUT2D eigenvalue weighted by Gasteiger charge is -2.12. The van der Waals surface area contributed by atoms with Crippen molar-refractivity contribution in [1.82, 2.24) is 19.7 Å². The Kier molecular flexibility index (Phi) is 6.01. The van der Waals surface area contributed by atoms with Crippen molar-refractivity contribution < 1.29 is 36.2 Å². The molecule has 2 heterocycles. The van der Waals surface area contributed by atoms with Gasteiger partial charge in [-0.3, -0.25) is 0 Å². The maximum Gasteiger partial charge on any atom is 0.404 e. The topological polar surface area (TPSA) is 131 Å². The SMILES string of the molecule is NC(=O)O[C@H]1CC[C@@H](n2nc(-c3ccc(Oc4c(F)c(F)cc(F)c4F)cc3F)c3c(N)ncnc32)C1. The first-order chi connectivity index (χ1) is 17.6. The Labute approximate surface area is 204 Å². The lowest BCUT2D eigenvalue weighted by molar-refractivity contribution is 0.108. The van der Waals surface area contributed by atoms with Gasteiger partial charge >= 0.3 is 6.09 Å². The van der Waals surface area contributed by atoms with Crippen LogP contribution in [0.3, 0.4) is 0 Å². The number of aromatic nitrogens is 4. The summed E-state index contributed by atoms with van der Waals surface area (Å²) in [5.41, 5.74) is 11.5. The first-order valence-corrected chi connectivity index (χ1v) is 10.9. The second-order valence-electron chi connectivity index (χ2n) is 8.32. The number of hydrogen-bond acceptors (Lipinski definition) is 7. The number of nitrogens with two attached hydrogens (primary N) is 2. The first-order valence-electron chi connectivity index (χ1n) is 10.9. The zero-order valence-corrected chi connectivity index (χ0v) is 18.7. The van der Waals surface area contributed by atoms with Crippen molar-refractivity contribution in [2.45, 2.75) is 31.4 Å². The summed E-state index contributed by atoms with van der Waals surface area (Å²) in [6.45, 7) is 0. The molecule has 0 unspecified atom stereocenters. The summed E-state index contributed by atoms with van der Waals surface area (Å²) >= 11 is 0. The molecule has 1 amide bonds. The van der Waals surface area contributed by atoms with Gasteiger partial charge < -0.3 is 20.9 Å². The molecule has 1 saturated carbocycles. The highest BCUT2D eigenvalue weighted by Gasteiger charge is 2.32. The monoisotopic (exact) mass is 520 g/mol. The summed E-state index contributed by atoms with van der Waals surface area (Å²) in [6, 6.07) is 2.87. The normalized spacial score (nSPS) is 17.3. The van der Waals surface area contributed by atoms with Crippen LogP contribution < -0.4 is 16.2 Å². The molecule has 0 saturated heterocycles. The lowest BCUT2D eigenvalue weighted by atomic mass is 10.1. The van der Waals surface area contributed by atoms with Crippen molar-refractivity contribution in [3.8, 4) is 22.8 Å². The molecule has 0 spiro atoms. The molecule has 0 aliphatic heterocycles. The Hall–Kier alpha value is -4.49. The molecule has 4 N–H and O–H groups in total. The molecule has 2 atom stereocenters. The Bertz CT molecular complexity index is 1520. The molecular weight excluding hydrogens is 503 g/mol. The second-order valence-corrected chi connectivity index (χ2v) is 8.32. The molecule has 2 aromatic carbocycles. The molecule has 5 rings (SSSR count). The van der Waals surface area contributed by atoms with Gasteiger partial charge in [-0.25, -0.2) is 32.6 Å². The van der Waals surface area contributed by atoms with Crippen LogP contribution in [0, 0.1) is 29.1 Å². The molecule has 14 heteroatoms. The van der Waals surface area contributed by atoms with Gasteiger partial charge in [-0.1, -0.05) is 0 Å². The number of rotatable bonds is 5. The number of halogens is 5. The van der Waals surface area contributed by atoms with Gasteiger partial charge in [-0.15, -0.1) is 0 Å². The smallest absolute Gasteiger partial charge is 0.404 e. The van der Waals surface area contributed by atoms with E-state index in [2.05, 4.69) is 15.1 Å². The number of carbonyl (C=O) groups is 1. The van der Waals surface area contributed by atoms with Crippen LogP contribution in [0.15, 0.2) is 30.6 Å². The van der Waals surface area contributed by atoms with Crippen molar-refractivity contribution >= 4 is 22.9 Å². The third-order valence-electron chi connectivity index (χ3n) is 5.99. The number of carbonyl (C=O) groups excluding carboxylic acids is 1. The van der Waals surface area contributed by atoms with Crippen LogP contribution in [0.1, 0.15) is 25.3 Å². The number of anilines is 1. The van der Waals surface area contributed by atoms with Crippen LogP contribution in [-0.4, -0.2) is 31.9 Å². The van der Waals surface area contributed by atoms with E-state index in [0.29, 0.717) is 24.9 Å². The molecule has 1 fully saturated rings. The number of amides is 1. The van der Waals surface area contributed by atoms with Gasteiger partial charge in [0.05, 0.1) is 11.4 Å². The fourth-order valence-corrected chi connectivity index (χ4v) is 4.36. The van der Waals surface area contributed by atoms with Gasteiger partial charge in [-0.2, -0.15) is 13.9 Å². The van der Waals surface area contributed by atoms with Crippen molar-refractivity contribution in [3.05, 3.63) is 59.7 Å². The molecule has 4 aromatic rings. The largest absolute Gasteiger partial charge is 0.451 e. The number of ether oxygens (including phenoxy) is 2. The highest BCUT2D eigenvalue weighted by atomic mass is 19.2. The summed E-state index contributed by atoms with van der Waals surface area (Å²) in [4.78, 5) is 19.3. The molecule has 9 nitrogen and oxygen atoms in total. The van der Waals surface area contributed by atoms with E-state index in [1.165, 1.54) is 17.1 Å². The van der Waals surface area contributed by atoms with E-state index in [4.69, 9.17) is 20.9 Å². The molecule has 2 aromatic heterocycles. The van der Waals surface area contributed by atoms with E-state index in [1.54, 1.807) is 0 Å². The standard InChI is InChI=1S/C23H17F5N6O3/c24-13-6-11(36-20-17(27)14(25)7-15(26)18(20)28)3-4-12(13)19-16-21(29)31-8-32-22(16)34(33-19)9-1-2-10(5-9)37-23(30)35/h3-4,6-10H,1-2,5H2,(H2,30,35)(H2,29,31,32)/t9-,10+/m1/s1. The van der Waals surface area contributed by atoms with Crippen LogP contribution in [0.5, 0.6) is 11.5 Å². The number of primary amides is 1. The van der Waals surface area contributed by atoms with Crippen molar-refractivity contribution in [1.29, 1.82) is 0 Å². The number of nitrogens with zero attached hydrogens (tertiary/aromatic N) is 4. The summed E-state index contributed by atoms with van der Waals surface area (Å²) < 4.78 is 81.7. The Morgan fingerprint density at radius 1 is 1.00 bits per heavy atom. The predicted molar refractivity (Wildman–Crippen MR) is 119 cm³/mol. The third-order valence-corrected chi connectivity index (χ3v) is 5.99. The van der Waals surface area contributed by atoms with E-state index in [-0.39, 0.29) is 34.6 Å². The van der Waals surface area contributed by atoms with Gasteiger partial charge in [0.25, 0.3) is 0 Å². The molecule has 1 aliphatic carbocycles. The highest BCUT2D eigenvalue weighted by Crippen LogP contribution is 2.39. The van der Waals surface area contributed by atoms with Crippen LogP contribution in [0.2, 0.25) is 0 Å². The summed E-state index contributed by atoms with van der Waals surface area (Å²) in [6.07, 6.45) is 1.38. The predicted octanol–water partition coefficient (Wildman–Crippen LogP) is 4.75. The van der Waals surface area contributed by atoms with Crippen LogP contribution >= 0.6 is 0 Å². The van der Waals surface area contributed by atoms with Gasteiger partial charge in [0.15, 0.2) is 17.3 Å². The maximum absolute atomic E-state index is 15.2. The average Bonchev–Trinajstić information content (AvgIpc) is 3.45. The number of nitrogen functional groups attached to an aromatic ring is 1. The van der Waals surface area contributed by atoms with Gasteiger partial charge in [-0.05, 0) is 25.0 Å². The summed E-state index contributed by atoms with van der Waals surface area (Å²) in [7, 11) is 0. The van der Waals surface area contributed by atoms with Gasteiger partial charge in [0, 0.05) is 24.1 Å². The Morgan fingerprint density at radius 3 is 2.41 bits per heavy atom. The molecule has 1 aliphatic rings. The van der Waals surface area contributed by atoms with Crippen LogP contribution in [0.25, 0.3) is 22.3 Å². The van der Waals surface area contributed by atoms with Crippen molar-refractivity contribution in [2.75, 3.05) is 5.73 Å². The van der Waals surface area contributed by atoms with Crippen molar-refractivity contribution in [3.63, 3.8) is 0 Å². The minimum Gasteiger partial charge on any atom is -0.451 e. The van der Waals surface area contributed by atoms with Gasteiger partial charge in [0.2, 0.25) is 17.4 Å². The molecular formula is C23H17F5N6O3. The minimum atomic E-state index is -1.77. The van der Waals surface area contributed by atoms with Gasteiger partial charge in [0.1, 0.15) is 35.5 Å². The quantitative estimate of drug-likeness (QED) is 0.287. The fourth-order valence-electron chi connectivity index (χ4n) is 4.36. The van der Waals surface area contributed by atoms with E-state index in [0.717, 1.165) is 12.1 Å². The maximum atomic E-state index is 15.2. The van der Waals surface area contributed by atoms with E-state index in [9.17, 15) is 22.4 Å². The van der Waals surface area contributed by atoms with Crippen LogP contribution in [-0.2, 0) is 4.74 Å². The van der Waals surface area contributed by atoms with Crippen molar-refractivity contribution in [2.24, 2.45) is 5.73 Å². The van der Waals surface area contributed by atoms with E-state index in [1.807, 2.05) is 0 Å². The zero-order valence-electron chi connectivity index (χ0n) is 18.7. The Morgan fingerprint density at radius 2 is 1.73 bits per heavy atom. The fraction of sp³-hybridized carbons (Fsp3) is 0.217. The summed E-state index contributed by atoms with van der Waals surface area (Å²) in [5.74, 6) is -9.59. The highest BCUT2D eigenvalue weighted by molar-refractivity contribution is 5.98. The van der Waals surface area contributed by atoms with E-state index >= 15 is 4.39 Å². The third kappa shape index (κ3) is 4.34. The average molecular weight is 520 g/mol. The minimum absolute atomic E-state index is 0.0216. The molecule has 0 bridgehead atoms. The molecule has 192 valence electrons. The molecule has 37 heavy (non-hydrogen) atoms. The Balaban J connectivity index is 1.52. The second kappa shape index (κ2) is 9.19. The van der Waals surface area contributed by atoms with E-state index < -0.39 is 52.8 Å². The zero-order chi connectivity index (χ0) is 26.4.